The summed E-state index contributed by atoms with van der Waals surface area (Å²) in [5.74, 6) is 0.294. The first-order chi connectivity index (χ1) is 10.4. The number of para-hydroxylation sites is 2. The number of rotatable bonds is 6. The van der Waals surface area contributed by atoms with Crippen LogP contribution < -0.4 is 11.4 Å². The minimum absolute atomic E-state index is 0.0380. The number of likely N-dealkylation sites (N-methyl/N-ethyl adjacent to an activating group) is 1. The number of H-pyrrole nitrogens is 1. The number of nitrogens with one attached hydrogen (secondary N) is 1. The van der Waals surface area contributed by atoms with Crippen LogP contribution in [0.3, 0.4) is 0 Å². The Morgan fingerprint density at radius 3 is 2.73 bits per heavy atom. The van der Waals surface area contributed by atoms with Crippen LogP contribution in [0.15, 0.2) is 29.1 Å². The lowest BCUT2D eigenvalue weighted by atomic mass is 10.0. The Kier molecular flexibility index (Phi) is 5.03. The zero-order valence-corrected chi connectivity index (χ0v) is 13.4. The molecule has 1 aromatic heterocycles. The second-order valence-corrected chi connectivity index (χ2v) is 6.05. The summed E-state index contributed by atoms with van der Waals surface area (Å²) in [7, 11) is 1.75. The van der Waals surface area contributed by atoms with Crippen LogP contribution in [0.25, 0.3) is 11.0 Å². The molecule has 0 aliphatic rings. The van der Waals surface area contributed by atoms with Crippen LogP contribution in [0, 0.1) is 5.92 Å². The van der Waals surface area contributed by atoms with E-state index in [-0.39, 0.29) is 24.2 Å². The van der Waals surface area contributed by atoms with Gasteiger partial charge in [-0.15, -0.1) is 0 Å². The summed E-state index contributed by atoms with van der Waals surface area (Å²) in [6.07, 6.45) is 0.753. The van der Waals surface area contributed by atoms with Gasteiger partial charge in [-0.3, -0.25) is 9.36 Å². The highest BCUT2D eigenvalue weighted by atomic mass is 16.2. The van der Waals surface area contributed by atoms with Gasteiger partial charge in [-0.1, -0.05) is 26.0 Å². The van der Waals surface area contributed by atoms with E-state index in [4.69, 9.17) is 5.73 Å². The topological polar surface area (TPSA) is 84.1 Å². The van der Waals surface area contributed by atoms with Crippen molar-refractivity contribution >= 4 is 16.9 Å². The van der Waals surface area contributed by atoms with Gasteiger partial charge in [0.2, 0.25) is 5.91 Å². The Morgan fingerprint density at radius 1 is 1.36 bits per heavy atom. The number of benzene rings is 1. The molecule has 2 aromatic rings. The summed E-state index contributed by atoms with van der Waals surface area (Å²) in [4.78, 5) is 28.7. The number of carbonyl (C=O) groups is 1. The number of carbonyl (C=O) groups excluding carboxylic acids is 1. The van der Waals surface area contributed by atoms with Gasteiger partial charge in [0.15, 0.2) is 0 Å². The minimum atomic E-state index is -0.262. The predicted octanol–water partition coefficient (Wildman–Crippen LogP) is 1.16. The molecule has 0 saturated carbocycles. The van der Waals surface area contributed by atoms with Crippen molar-refractivity contribution in [3.8, 4) is 0 Å². The molecule has 0 spiro atoms. The van der Waals surface area contributed by atoms with Crippen molar-refractivity contribution < 1.29 is 4.79 Å². The van der Waals surface area contributed by atoms with E-state index in [2.05, 4.69) is 18.8 Å². The molecule has 1 atom stereocenters. The number of aromatic amines is 1. The van der Waals surface area contributed by atoms with Gasteiger partial charge in [0.05, 0.1) is 11.0 Å². The summed E-state index contributed by atoms with van der Waals surface area (Å²) in [6.45, 7) is 4.77. The molecule has 0 saturated heterocycles. The molecule has 6 heteroatoms. The third-order valence-corrected chi connectivity index (χ3v) is 4.05. The monoisotopic (exact) mass is 304 g/mol. The van der Waals surface area contributed by atoms with E-state index in [1.54, 1.807) is 11.9 Å². The van der Waals surface area contributed by atoms with Crippen LogP contribution in [0.4, 0.5) is 0 Å². The van der Waals surface area contributed by atoms with Crippen molar-refractivity contribution in [3.63, 3.8) is 0 Å². The molecular weight excluding hydrogens is 280 g/mol. The lowest BCUT2D eigenvalue weighted by Gasteiger charge is -2.21. The first kappa shape index (κ1) is 16.3. The highest BCUT2D eigenvalue weighted by Gasteiger charge is 2.15. The average Bonchev–Trinajstić information content (AvgIpc) is 2.80. The SMILES string of the molecule is CC(C)C(N)CCN(C)C(=O)Cn1c(=O)[nH]c2ccccc21. The number of nitrogens with zero attached hydrogens (tertiary/aromatic N) is 2. The molecule has 3 N–H and O–H groups in total. The van der Waals surface area contributed by atoms with Gasteiger partial charge in [0, 0.05) is 19.6 Å². The maximum absolute atomic E-state index is 12.3. The summed E-state index contributed by atoms with van der Waals surface area (Å²) in [5.41, 5.74) is 7.22. The van der Waals surface area contributed by atoms with Crippen molar-refractivity contribution in [2.24, 2.45) is 11.7 Å². The Morgan fingerprint density at radius 2 is 2.05 bits per heavy atom. The molecule has 1 unspecified atom stereocenters. The van der Waals surface area contributed by atoms with Gasteiger partial charge in [-0.2, -0.15) is 0 Å². The highest BCUT2D eigenvalue weighted by molar-refractivity contribution is 5.80. The first-order valence-corrected chi connectivity index (χ1v) is 7.57. The van der Waals surface area contributed by atoms with Gasteiger partial charge in [-0.25, -0.2) is 4.79 Å². The molecule has 120 valence electrons. The number of nitrogens with two attached hydrogens (primary N) is 1. The van der Waals surface area contributed by atoms with E-state index in [1.807, 2.05) is 24.3 Å². The summed E-state index contributed by atoms with van der Waals surface area (Å²) < 4.78 is 1.47. The smallest absolute Gasteiger partial charge is 0.326 e. The lowest BCUT2D eigenvalue weighted by Crippen LogP contribution is -2.37. The van der Waals surface area contributed by atoms with Crippen LogP contribution in [0.1, 0.15) is 20.3 Å². The fourth-order valence-corrected chi connectivity index (χ4v) is 2.32. The molecule has 1 heterocycles. The van der Waals surface area contributed by atoms with Crippen LogP contribution in [-0.4, -0.2) is 40.0 Å². The Bertz CT molecular complexity index is 701. The Hall–Kier alpha value is -2.08. The third kappa shape index (κ3) is 3.57. The molecule has 1 aromatic carbocycles. The fraction of sp³-hybridized carbons (Fsp3) is 0.500. The average molecular weight is 304 g/mol. The van der Waals surface area contributed by atoms with Crippen molar-refractivity contribution in [2.75, 3.05) is 13.6 Å². The summed E-state index contributed by atoms with van der Waals surface area (Å²) in [5, 5.41) is 0. The van der Waals surface area contributed by atoms with E-state index < -0.39 is 0 Å². The molecular formula is C16H24N4O2. The van der Waals surface area contributed by atoms with Crippen LogP contribution in [-0.2, 0) is 11.3 Å². The number of fused-ring (bicyclic) bond motifs is 1. The number of hydrogen-bond donors (Lipinski definition) is 2. The Labute approximate surface area is 129 Å². The zero-order valence-electron chi connectivity index (χ0n) is 13.4. The molecule has 6 nitrogen and oxygen atoms in total. The molecule has 0 bridgehead atoms. The maximum Gasteiger partial charge on any atom is 0.326 e. The maximum atomic E-state index is 12.3. The van der Waals surface area contributed by atoms with Crippen molar-refractivity contribution in [1.82, 2.24) is 14.5 Å². The van der Waals surface area contributed by atoms with E-state index >= 15 is 0 Å². The number of amides is 1. The molecule has 0 aliphatic carbocycles. The van der Waals surface area contributed by atoms with Gasteiger partial charge in [0.25, 0.3) is 0 Å². The number of aromatic nitrogens is 2. The highest BCUT2D eigenvalue weighted by Crippen LogP contribution is 2.09. The Balaban J connectivity index is 2.04. The van der Waals surface area contributed by atoms with Gasteiger partial charge in [-0.05, 0) is 24.5 Å². The first-order valence-electron chi connectivity index (χ1n) is 7.57. The summed E-state index contributed by atoms with van der Waals surface area (Å²) in [6, 6.07) is 7.43. The minimum Gasteiger partial charge on any atom is -0.344 e. The molecule has 1 amide bonds. The van der Waals surface area contributed by atoms with Crippen molar-refractivity contribution in [2.45, 2.75) is 32.9 Å². The summed E-state index contributed by atoms with van der Waals surface area (Å²) >= 11 is 0. The van der Waals surface area contributed by atoms with Gasteiger partial charge in [0.1, 0.15) is 6.54 Å². The van der Waals surface area contributed by atoms with E-state index in [9.17, 15) is 9.59 Å². The largest absolute Gasteiger partial charge is 0.344 e. The number of hydrogen-bond acceptors (Lipinski definition) is 3. The van der Waals surface area contributed by atoms with E-state index in [1.165, 1.54) is 4.57 Å². The second kappa shape index (κ2) is 6.79. The predicted molar refractivity (Wildman–Crippen MR) is 87.6 cm³/mol. The van der Waals surface area contributed by atoms with Crippen LogP contribution >= 0.6 is 0 Å². The standard InChI is InChI=1S/C16H24N4O2/c1-11(2)12(17)8-9-19(3)15(21)10-20-14-7-5-4-6-13(14)18-16(20)22/h4-7,11-12H,8-10,17H2,1-3H3,(H,18,22). The van der Waals surface area contributed by atoms with Crippen LogP contribution in [0.2, 0.25) is 0 Å². The normalized spacial score (nSPS) is 12.8. The molecule has 0 fully saturated rings. The van der Waals surface area contributed by atoms with Gasteiger partial charge < -0.3 is 15.6 Å². The molecule has 0 aliphatic heterocycles. The van der Waals surface area contributed by atoms with Crippen LogP contribution in [0.5, 0.6) is 0 Å². The zero-order chi connectivity index (χ0) is 16.3. The van der Waals surface area contributed by atoms with E-state index in [0.717, 1.165) is 17.5 Å². The van der Waals surface area contributed by atoms with E-state index in [0.29, 0.717) is 12.5 Å². The lowest BCUT2D eigenvalue weighted by molar-refractivity contribution is -0.130. The molecule has 2 rings (SSSR count). The van der Waals surface area contributed by atoms with Crippen molar-refractivity contribution in [3.05, 3.63) is 34.7 Å². The van der Waals surface area contributed by atoms with Gasteiger partial charge >= 0.3 is 5.69 Å². The fourth-order valence-electron chi connectivity index (χ4n) is 2.32. The molecule has 0 radical (unpaired) electrons. The molecule has 22 heavy (non-hydrogen) atoms. The number of imidazole rings is 1. The van der Waals surface area contributed by atoms with Crippen molar-refractivity contribution in [1.29, 1.82) is 0 Å². The quantitative estimate of drug-likeness (QED) is 0.840. The third-order valence-electron chi connectivity index (χ3n) is 4.05. The second-order valence-electron chi connectivity index (χ2n) is 6.05.